The monoisotopic (exact) mass is 729 g/mol. The number of pyridine rings is 1. The molecule has 2 atom stereocenters. The van der Waals surface area contributed by atoms with E-state index >= 15 is 0 Å². The van der Waals surface area contributed by atoms with Gasteiger partial charge in [0.2, 0.25) is 15.9 Å². The summed E-state index contributed by atoms with van der Waals surface area (Å²) in [5.74, 6) is 0.792. The van der Waals surface area contributed by atoms with Gasteiger partial charge in [-0.15, -0.1) is 0 Å². The number of carbonyl (C=O) groups is 3. The van der Waals surface area contributed by atoms with E-state index in [9.17, 15) is 22.8 Å². The molecule has 2 aromatic carbocycles. The van der Waals surface area contributed by atoms with Crippen LogP contribution in [0.25, 0.3) is 10.4 Å². The van der Waals surface area contributed by atoms with E-state index in [0.29, 0.717) is 46.1 Å². The molecular formula is C36H39N7O6S2. The Morgan fingerprint density at radius 3 is 2.55 bits per heavy atom. The summed E-state index contributed by atoms with van der Waals surface area (Å²) in [5.41, 5.74) is 3.11. The summed E-state index contributed by atoms with van der Waals surface area (Å²) in [5, 5.41) is 3.76. The Morgan fingerprint density at radius 1 is 1.06 bits per heavy atom. The molecular weight excluding hydrogens is 691 g/mol. The Kier molecular flexibility index (Phi) is 9.29. The Balaban J connectivity index is 1.08. The van der Waals surface area contributed by atoms with Crippen molar-refractivity contribution in [3.05, 3.63) is 83.0 Å². The minimum Gasteiger partial charge on any atom is -0.445 e. The molecule has 4 aromatic rings. The molecule has 51 heavy (non-hydrogen) atoms. The molecule has 0 bridgehead atoms. The van der Waals surface area contributed by atoms with Gasteiger partial charge in [-0.25, -0.2) is 27.9 Å². The van der Waals surface area contributed by atoms with Crippen molar-refractivity contribution in [2.45, 2.75) is 63.7 Å². The van der Waals surface area contributed by atoms with Gasteiger partial charge in [-0.05, 0) is 87.5 Å². The largest absolute Gasteiger partial charge is 0.445 e. The molecule has 7 rings (SSSR count). The number of nitrogens with zero attached hydrogens (tertiary/aromatic N) is 5. The number of ether oxygens (including phenoxy) is 1. The number of sulfonamides is 1. The van der Waals surface area contributed by atoms with Gasteiger partial charge >= 0.3 is 6.09 Å². The molecule has 2 aromatic heterocycles. The van der Waals surface area contributed by atoms with E-state index in [2.05, 4.69) is 15.0 Å². The molecule has 0 spiro atoms. The molecule has 3 aliphatic rings. The molecule has 1 aliphatic carbocycles. The lowest BCUT2D eigenvalue weighted by atomic mass is 10.0. The summed E-state index contributed by atoms with van der Waals surface area (Å²) >= 11 is 1.34. The Hall–Kier alpha value is -4.86. The number of fused-ring (bicyclic) bond motifs is 1. The number of aryl methyl sites for hydroxylation is 1. The molecule has 13 nitrogen and oxygen atoms in total. The van der Waals surface area contributed by atoms with Gasteiger partial charge in [-0.3, -0.25) is 19.4 Å². The number of nitrogens with one attached hydrogen (secondary N) is 2. The van der Waals surface area contributed by atoms with Gasteiger partial charge in [0, 0.05) is 19.1 Å². The summed E-state index contributed by atoms with van der Waals surface area (Å²) < 4.78 is 34.3. The van der Waals surface area contributed by atoms with E-state index in [4.69, 9.17) is 9.72 Å². The standard InChI is InChI=1S/C36H39N7O6S2/c1-21-17-43(31(44)19-41(21)36(46)49-20-24-9-6-5-7-10-24)30-12-8-11-29(39-30)40-35-38-22(2)33(50-35)26-15-27-18-42(23(3)25-13-14-25)34(45)32(27)28(16-26)51(47,48)37-4/h5-12,15-16,21,23,25,37H,13-14,17-20H2,1-4H3,(H,38,39,40)/t21-,23-/m0/s1. The molecule has 3 amide bonds. The lowest BCUT2D eigenvalue weighted by molar-refractivity contribution is -0.121. The molecule has 2 fully saturated rings. The van der Waals surface area contributed by atoms with E-state index < -0.39 is 16.1 Å². The van der Waals surface area contributed by atoms with Crippen LogP contribution in [0.3, 0.4) is 0 Å². The van der Waals surface area contributed by atoms with Crippen molar-refractivity contribution < 1.29 is 27.5 Å². The highest BCUT2D eigenvalue weighted by atomic mass is 32.2. The quantitative estimate of drug-likeness (QED) is 0.222. The molecule has 2 N–H and O–H groups in total. The maximum absolute atomic E-state index is 13.5. The number of anilines is 3. The summed E-state index contributed by atoms with van der Waals surface area (Å²) in [7, 11) is -2.60. The molecule has 1 saturated heterocycles. The van der Waals surface area contributed by atoms with Crippen molar-refractivity contribution >= 4 is 56.0 Å². The van der Waals surface area contributed by atoms with Gasteiger partial charge in [0.05, 0.1) is 27.1 Å². The lowest BCUT2D eigenvalue weighted by Gasteiger charge is -2.38. The summed E-state index contributed by atoms with van der Waals surface area (Å²) in [6, 6.07) is 17.8. The fourth-order valence-electron chi connectivity index (χ4n) is 6.64. The predicted octanol–water partition coefficient (Wildman–Crippen LogP) is 5.29. The highest BCUT2D eigenvalue weighted by Gasteiger charge is 2.41. The molecule has 1 saturated carbocycles. The molecule has 266 valence electrons. The zero-order valence-corrected chi connectivity index (χ0v) is 30.4. The first kappa shape index (κ1) is 34.6. The number of hydrogen-bond donors (Lipinski definition) is 2. The third-order valence-corrected chi connectivity index (χ3v) is 12.2. The fraction of sp³-hybridized carbons (Fsp3) is 0.361. The number of benzene rings is 2. The van der Waals surface area contributed by atoms with E-state index in [0.717, 1.165) is 23.3 Å². The Morgan fingerprint density at radius 2 is 1.82 bits per heavy atom. The van der Waals surface area contributed by atoms with Crippen LogP contribution in [0.2, 0.25) is 0 Å². The molecule has 15 heteroatoms. The smallest absolute Gasteiger partial charge is 0.410 e. The van der Waals surface area contributed by atoms with Gasteiger partial charge in [0.1, 0.15) is 24.8 Å². The number of rotatable bonds is 10. The van der Waals surface area contributed by atoms with Gasteiger partial charge < -0.3 is 15.0 Å². The zero-order valence-electron chi connectivity index (χ0n) is 28.8. The maximum atomic E-state index is 13.5. The van der Waals surface area contributed by atoms with Crippen LogP contribution in [0.15, 0.2) is 65.6 Å². The van der Waals surface area contributed by atoms with Crippen LogP contribution in [0, 0.1) is 12.8 Å². The molecule has 2 aliphatic heterocycles. The van der Waals surface area contributed by atoms with Crippen LogP contribution in [0.1, 0.15) is 53.9 Å². The average molecular weight is 730 g/mol. The minimum atomic E-state index is -3.94. The fourth-order valence-corrected chi connectivity index (χ4v) is 8.59. The number of carbonyl (C=O) groups excluding carboxylic acids is 3. The van der Waals surface area contributed by atoms with E-state index in [1.807, 2.05) is 57.2 Å². The number of amides is 3. The van der Waals surface area contributed by atoms with Gasteiger partial charge in [-0.2, -0.15) is 0 Å². The summed E-state index contributed by atoms with van der Waals surface area (Å²) in [6.07, 6.45) is 1.59. The lowest BCUT2D eigenvalue weighted by Crippen LogP contribution is -2.57. The first-order chi connectivity index (χ1) is 24.4. The highest BCUT2D eigenvalue weighted by Crippen LogP contribution is 2.42. The second-order valence-electron chi connectivity index (χ2n) is 13.2. The number of aromatic nitrogens is 2. The van der Waals surface area contributed by atoms with E-state index in [1.165, 1.54) is 23.3 Å². The van der Waals surface area contributed by atoms with Crippen molar-refractivity contribution in [3.63, 3.8) is 0 Å². The molecule has 4 heterocycles. The second-order valence-corrected chi connectivity index (χ2v) is 16.0. The van der Waals surface area contributed by atoms with Crippen molar-refractivity contribution in [1.29, 1.82) is 0 Å². The normalized spacial score (nSPS) is 18.2. The third kappa shape index (κ3) is 6.93. The molecule has 0 unspecified atom stereocenters. The van der Waals surface area contributed by atoms with Crippen LogP contribution in [-0.4, -0.2) is 78.3 Å². The zero-order chi connectivity index (χ0) is 36.0. The van der Waals surface area contributed by atoms with Gasteiger partial charge in [-0.1, -0.05) is 47.7 Å². The van der Waals surface area contributed by atoms with Crippen molar-refractivity contribution in [2.75, 3.05) is 30.4 Å². The summed E-state index contributed by atoms with van der Waals surface area (Å²) in [4.78, 5) is 54.5. The SMILES string of the molecule is CNS(=O)(=O)c1cc(-c2sc(Nc3cccc(N4C[C@H](C)N(C(=O)OCc5ccccc5)CC4=O)n3)nc2C)cc2c1C(=O)N([C@@H](C)C1CC1)C2. The first-order valence-electron chi connectivity index (χ1n) is 16.8. The van der Waals surface area contributed by atoms with Crippen LogP contribution in [0.4, 0.5) is 21.6 Å². The Bertz CT molecular complexity index is 2120. The van der Waals surface area contributed by atoms with E-state index in [1.54, 1.807) is 34.1 Å². The van der Waals surface area contributed by atoms with Crippen LogP contribution < -0.4 is 14.9 Å². The van der Waals surface area contributed by atoms with Crippen molar-refractivity contribution in [2.24, 2.45) is 5.92 Å². The number of hydrogen-bond acceptors (Lipinski definition) is 10. The second kappa shape index (κ2) is 13.7. The number of thiazole rings is 1. The van der Waals surface area contributed by atoms with Crippen molar-refractivity contribution in [1.82, 2.24) is 24.5 Å². The van der Waals surface area contributed by atoms with Crippen LogP contribution >= 0.6 is 11.3 Å². The third-order valence-electron chi connectivity index (χ3n) is 9.68. The number of piperazine rings is 1. The van der Waals surface area contributed by atoms with Gasteiger partial charge in [0.25, 0.3) is 5.91 Å². The molecule has 0 radical (unpaired) electrons. The average Bonchev–Trinajstić information content (AvgIpc) is 3.84. The summed E-state index contributed by atoms with van der Waals surface area (Å²) in [6.45, 7) is 6.31. The van der Waals surface area contributed by atoms with E-state index in [-0.39, 0.29) is 54.1 Å². The topological polar surface area (TPSA) is 154 Å². The Labute approximate surface area is 300 Å². The highest BCUT2D eigenvalue weighted by molar-refractivity contribution is 7.89. The predicted molar refractivity (Wildman–Crippen MR) is 193 cm³/mol. The minimum absolute atomic E-state index is 0.0338. The maximum Gasteiger partial charge on any atom is 0.410 e. The van der Waals surface area contributed by atoms with Crippen molar-refractivity contribution in [3.8, 4) is 10.4 Å². The van der Waals surface area contributed by atoms with Crippen LogP contribution in [0.5, 0.6) is 0 Å². The first-order valence-corrected chi connectivity index (χ1v) is 19.1. The van der Waals surface area contributed by atoms with Gasteiger partial charge in [0.15, 0.2) is 5.13 Å². The van der Waals surface area contributed by atoms with Crippen LogP contribution in [-0.2, 0) is 32.7 Å².